The van der Waals surface area contributed by atoms with E-state index in [1.165, 1.54) is 0 Å². The fraction of sp³-hybridized carbons (Fsp3) is 0.650. The number of hydrogen-bond acceptors (Lipinski definition) is 5. The predicted molar refractivity (Wildman–Crippen MR) is 107 cm³/mol. The molecule has 0 atom stereocenters. The van der Waals surface area contributed by atoms with Crippen molar-refractivity contribution in [3.63, 3.8) is 0 Å². The zero-order chi connectivity index (χ0) is 19.3. The van der Waals surface area contributed by atoms with Gasteiger partial charge in [-0.3, -0.25) is 4.99 Å². The highest BCUT2D eigenvalue weighted by Crippen LogP contribution is 2.16. The third-order valence-corrected chi connectivity index (χ3v) is 4.45. The van der Waals surface area contributed by atoms with Crippen LogP contribution in [0.1, 0.15) is 19.3 Å². The summed E-state index contributed by atoms with van der Waals surface area (Å²) in [6.45, 7) is 4.55. The molecule has 1 saturated heterocycles. The Morgan fingerprint density at radius 3 is 2.56 bits per heavy atom. The summed E-state index contributed by atoms with van der Waals surface area (Å²) < 4.78 is 22.1. The summed E-state index contributed by atoms with van der Waals surface area (Å²) in [5.41, 5.74) is 0. The number of aliphatic imine (C=N–C) groups is 1. The Morgan fingerprint density at radius 1 is 1.19 bits per heavy atom. The van der Waals surface area contributed by atoms with Gasteiger partial charge in [-0.1, -0.05) is 0 Å². The molecule has 2 rings (SSSR count). The molecule has 0 aliphatic carbocycles. The average molecular weight is 380 g/mol. The highest BCUT2D eigenvalue weighted by atomic mass is 16.5. The van der Waals surface area contributed by atoms with Gasteiger partial charge in [-0.15, -0.1) is 0 Å². The Bertz CT molecular complexity index is 545. The fourth-order valence-corrected chi connectivity index (χ4v) is 2.83. The summed E-state index contributed by atoms with van der Waals surface area (Å²) in [4.78, 5) is 6.38. The lowest BCUT2D eigenvalue weighted by molar-refractivity contribution is -0.0320. The van der Waals surface area contributed by atoms with Crippen molar-refractivity contribution in [1.29, 1.82) is 0 Å². The first kappa shape index (κ1) is 21.3. The first-order valence-electron chi connectivity index (χ1n) is 9.61. The maximum Gasteiger partial charge on any atom is 0.193 e. The van der Waals surface area contributed by atoms with Gasteiger partial charge in [-0.05, 0) is 43.5 Å². The van der Waals surface area contributed by atoms with Gasteiger partial charge in [0, 0.05) is 40.5 Å². The van der Waals surface area contributed by atoms with Crippen molar-refractivity contribution in [2.75, 3.05) is 60.7 Å². The smallest absolute Gasteiger partial charge is 0.193 e. The molecule has 0 bridgehead atoms. The first-order valence-corrected chi connectivity index (χ1v) is 9.61. The second kappa shape index (κ2) is 12.4. The number of nitrogens with zero attached hydrogens (tertiary/aromatic N) is 2. The van der Waals surface area contributed by atoms with E-state index in [-0.39, 0.29) is 0 Å². The minimum absolute atomic E-state index is 0.357. The van der Waals surface area contributed by atoms with Crippen LogP contribution in [0.25, 0.3) is 0 Å². The van der Waals surface area contributed by atoms with Crippen molar-refractivity contribution in [3.05, 3.63) is 24.3 Å². The summed E-state index contributed by atoms with van der Waals surface area (Å²) in [6, 6.07) is 7.60. The van der Waals surface area contributed by atoms with Crippen LogP contribution >= 0.6 is 0 Å². The van der Waals surface area contributed by atoms with Crippen molar-refractivity contribution < 1.29 is 18.9 Å². The molecule has 1 fully saturated rings. The van der Waals surface area contributed by atoms with Crippen LogP contribution in [0.15, 0.2) is 29.3 Å². The van der Waals surface area contributed by atoms with E-state index in [9.17, 15) is 0 Å². The molecule has 152 valence electrons. The van der Waals surface area contributed by atoms with Gasteiger partial charge in [0.2, 0.25) is 0 Å². The lowest BCUT2D eigenvalue weighted by Crippen LogP contribution is -2.41. The minimum Gasteiger partial charge on any atom is -0.497 e. The number of rotatable bonds is 10. The maximum absolute atomic E-state index is 5.89. The van der Waals surface area contributed by atoms with Gasteiger partial charge in [0.25, 0.3) is 0 Å². The molecule has 0 saturated carbocycles. The molecule has 0 amide bonds. The fourth-order valence-electron chi connectivity index (χ4n) is 2.83. The molecule has 1 aliphatic rings. The Morgan fingerprint density at radius 2 is 1.89 bits per heavy atom. The van der Waals surface area contributed by atoms with Crippen LogP contribution in [0.5, 0.6) is 11.5 Å². The van der Waals surface area contributed by atoms with E-state index >= 15 is 0 Å². The topological polar surface area (TPSA) is 64.6 Å². The van der Waals surface area contributed by atoms with Crippen LogP contribution in [-0.2, 0) is 9.47 Å². The summed E-state index contributed by atoms with van der Waals surface area (Å²) in [5.74, 6) is 2.52. The molecule has 7 nitrogen and oxygen atoms in total. The van der Waals surface area contributed by atoms with Crippen LogP contribution in [0, 0.1) is 0 Å². The maximum atomic E-state index is 5.89. The van der Waals surface area contributed by atoms with E-state index in [2.05, 4.69) is 15.2 Å². The molecule has 0 radical (unpaired) electrons. The van der Waals surface area contributed by atoms with E-state index in [0.717, 1.165) is 69.6 Å². The van der Waals surface area contributed by atoms with Crippen LogP contribution in [-0.4, -0.2) is 77.7 Å². The van der Waals surface area contributed by atoms with Crippen LogP contribution in [0.2, 0.25) is 0 Å². The number of benzene rings is 1. The third kappa shape index (κ3) is 8.05. The van der Waals surface area contributed by atoms with Crippen molar-refractivity contribution in [1.82, 2.24) is 10.2 Å². The quantitative estimate of drug-likeness (QED) is 0.382. The Hall–Kier alpha value is -1.99. The predicted octanol–water partition coefficient (Wildman–Crippen LogP) is 2.17. The summed E-state index contributed by atoms with van der Waals surface area (Å²) in [7, 11) is 5.45. The van der Waals surface area contributed by atoms with Gasteiger partial charge in [-0.25, -0.2) is 0 Å². The summed E-state index contributed by atoms with van der Waals surface area (Å²) in [5, 5.41) is 3.37. The number of hydrogen-bond donors (Lipinski definition) is 1. The van der Waals surface area contributed by atoms with Crippen LogP contribution in [0.3, 0.4) is 0 Å². The van der Waals surface area contributed by atoms with Crippen molar-refractivity contribution in [2.45, 2.75) is 25.4 Å². The number of likely N-dealkylation sites (N-methyl/N-ethyl adjacent to an activating group) is 1. The summed E-state index contributed by atoms with van der Waals surface area (Å²) >= 11 is 0. The van der Waals surface area contributed by atoms with E-state index in [0.29, 0.717) is 12.7 Å². The van der Waals surface area contributed by atoms with Gasteiger partial charge >= 0.3 is 0 Å². The molecule has 0 spiro atoms. The largest absolute Gasteiger partial charge is 0.497 e. The monoisotopic (exact) mass is 379 g/mol. The first-order chi connectivity index (χ1) is 13.2. The average Bonchev–Trinajstić information content (AvgIpc) is 2.72. The highest BCUT2D eigenvalue weighted by molar-refractivity contribution is 5.79. The van der Waals surface area contributed by atoms with E-state index in [4.69, 9.17) is 18.9 Å². The minimum atomic E-state index is 0.357. The Kier molecular flexibility index (Phi) is 9.79. The number of nitrogens with one attached hydrogen (secondary N) is 1. The lowest BCUT2D eigenvalue weighted by atomic mass is 10.1. The second-order valence-corrected chi connectivity index (χ2v) is 6.46. The molecular weight excluding hydrogens is 346 g/mol. The third-order valence-electron chi connectivity index (χ3n) is 4.45. The Balaban J connectivity index is 1.57. The second-order valence-electron chi connectivity index (χ2n) is 6.46. The zero-order valence-electron chi connectivity index (χ0n) is 16.8. The molecule has 7 heteroatoms. The molecule has 1 aromatic rings. The van der Waals surface area contributed by atoms with E-state index < -0.39 is 0 Å². The molecule has 1 aromatic carbocycles. The number of guanidine groups is 1. The van der Waals surface area contributed by atoms with Gasteiger partial charge in [0.15, 0.2) is 5.96 Å². The SMILES string of the molecule is CN=C(NCCCOC1CCOCC1)N(C)CCOc1ccc(OC)cc1. The molecule has 0 unspecified atom stereocenters. The Labute approximate surface area is 162 Å². The molecule has 1 N–H and O–H groups in total. The van der Waals surface area contributed by atoms with Gasteiger partial charge in [0.05, 0.1) is 19.8 Å². The molecule has 1 aliphatic heterocycles. The molecular formula is C20H33N3O4. The van der Waals surface area contributed by atoms with Gasteiger partial charge in [0.1, 0.15) is 18.1 Å². The van der Waals surface area contributed by atoms with Crippen LogP contribution in [0.4, 0.5) is 0 Å². The zero-order valence-corrected chi connectivity index (χ0v) is 16.8. The molecule has 27 heavy (non-hydrogen) atoms. The van der Waals surface area contributed by atoms with Gasteiger partial charge < -0.3 is 29.2 Å². The summed E-state index contributed by atoms with van der Waals surface area (Å²) in [6.07, 6.45) is 3.32. The standard InChI is InChI=1S/C20H33N3O4/c1-21-20(22-11-4-13-26-19-9-14-25-15-10-19)23(2)12-16-27-18-7-5-17(24-3)6-8-18/h5-8,19H,4,9-16H2,1-3H3,(H,21,22). The number of methoxy groups -OCH3 is 1. The van der Waals surface area contributed by atoms with E-state index in [1.54, 1.807) is 14.2 Å². The molecule has 1 heterocycles. The normalized spacial score (nSPS) is 15.4. The van der Waals surface area contributed by atoms with Crippen molar-refractivity contribution >= 4 is 5.96 Å². The molecule has 0 aromatic heterocycles. The number of ether oxygens (including phenoxy) is 4. The van der Waals surface area contributed by atoms with E-state index in [1.807, 2.05) is 31.3 Å². The van der Waals surface area contributed by atoms with Crippen molar-refractivity contribution in [3.8, 4) is 11.5 Å². The lowest BCUT2D eigenvalue weighted by Gasteiger charge is -2.23. The van der Waals surface area contributed by atoms with Crippen molar-refractivity contribution in [2.24, 2.45) is 4.99 Å². The van der Waals surface area contributed by atoms with Crippen LogP contribution < -0.4 is 14.8 Å². The van der Waals surface area contributed by atoms with Gasteiger partial charge in [-0.2, -0.15) is 0 Å². The highest BCUT2D eigenvalue weighted by Gasteiger charge is 2.13.